The first-order valence-corrected chi connectivity index (χ1v) is 5.50. The molecule has 0 unspecified atom stereocenters. The summed E-state index contributed by atoms with van der Waals surface area (Å²) in [6, 6.07) is 7.04. The van der Waals surface area contributed by atoms with Gasteiger partial charge in [-0.3, -0.25) is 4.79 Å². The first-order valence-electron chi connectivity index (χ1n) is 5.50. The molecule has 0 aliphatic carbocycles. The average Bonchev–Trinajstić information content (AvgIpc) is 2.34. The molecule has 4 nitrogen and oxygen atoms in total. The van der Waals surface area contributed by atoms with Crippen LogP contribution < -0.4 is 15.8 Å². The van der Waals surface area contributed by atoms with Crippen LogP contribution in [-0.2, 0) is 11.3 Å². The van der Waals surface area contributed by atoms with Crippen molar-refractivity contribution in [1.29, 1.82) is 0 Å². The summed E-state index contributed by atoms with van der Waals surface area (Å²) in [7, 11) is 0. The second-order valence-electron chi connectivity index (χ2n) is 3.71. The molecular weight excluding hydrogens is 252 g/mol. The summed E-state index contributed by atoms with van der Waals surface area (Å²) in [4.78, 5) is 11.3. The number of para-hydroxylation sites is 1. The lowest BCUT2D eigenvalue weighted by atomic mass is 10.2. The summed E-state index contributed by atoms with van der Waals surface area (Å²) in [5, 5.41) is 2.75. The van der Waals surface area contributed by atoms with Gasteiger partial charge in [0, 0.05) is 12.1 Å². The molecule has 1 amide bonds. The Balaban J connectivity index is 0.00000289. The van der Waals surface area contributed by atoms with E-state index in [0.717, 1.165) is 11.3 Å². The number of nitrogens with one attached hydrogen (secondary N) is 1. The molecule has 0 bridgehead atoms. The molecular formula is C13H19ClN2O2. The number of rotatable bonds is 6. The van der Waals surface area contributed by atoms with E-state index < -0.39 is 6.04 Å². The third-order valence-electron chi connectivity index (χ3n) is 2.20. The first kappa shape index (κ1) is 16.5. The van der Waals surface area contributed by atoms with Gasteiger partial charge in [-0.05, 0) is 13.0 Å². The molecule has 1 aromatic carbocycles. The Bertz CT molecular complexity index is 394. The lowest BCUT2D eigenvalue weighted by Gasteiger charge is -2.12. The van der Waals surface area contributed by atoms with Crippen LogP contribution >= 0.6 is 12.4 Å². The number of amides is 1. The van der Waals surface area contributed by atoms with Crippen LogP contribution in [0, 0.1) is 0 Å². The molecule has 3 N–H and O–H groups in total. The number of carbonyl (C=O) groups is 1. The van der Waals surface area contributed by atoms with E-state index in [2.05, 4.69) is 11.9 Å². The van der Waals surface area contributed by atoms with Crippen LogP contribution in [0.4, 0.5) is 0 Å². The average molecular weight is 271 g/mol. The Hall–Kier alpha value is -1.52. The maximum absolute atomic E-state index is 11.3. The van der Waals surface area contributed by atoms with E-state index in [1.54, 1.807) is 13.0 Å². The van der Waals surface area contributed by atoms with Gasteiger partial charge in [-0.1, -0.05) is 30.9 Å². The minimum Gasteiger partial charge on any atom is -0.489 e. The molecule has 0 aromatic heterocycles. The monoisotopic (exact) mass is 270 g/mol. The fraction of sp³-hybridized carbons (Fsp3) is 0.308. The molecule has 0 saturated heterocycles. The fourth-order valence-electron chi connectivity index (χ4n) is 1.28. The van der Waals surface area contributed by atoms with E-state index >= 15 is 0 Å². The zero-order valence-electron chi connectivity index (χ0n) is 10.4. The Morgan fingerprint density at radius 1 is 1.56 bits per heavy atom. The Morgan fingerprint density at radius 2 is 2.22 bits per heavy atom. The highest BCUT2D eigenvalue weighted by Crippen LogP contribution is 2.17. The number of ether oxygens (including phenoxy) is 1. The normalized spacial score (nSPS) is 11.0. The molecule has 0 aliphatic heterocycles. The highest BCUT2D eigenvalue weighted by Gasteiger charge is 2.08. The highest BCUT2D eigenvalue weighted by molar-refractivity contribution is 5.85. The highest BCUT2D eigenvalue weighted by atomic mass is 35.5. The van der Waals surface area contributed by atoms with Crippen molar-refractivity contribution < 1.29 is 9.53 Å². The van der Waals surface area contributed by atoms with Crippen molar-refractivity contribution in [3.8, 4) is 5.75 Å². The largest absolute Gasteiger partial charge is 0.489 e. The summed E-state index contributed by atoms with van der Waals surface area (Å²) >= 11 is 0. The third kappa shape index (κ3) is 5.21. The van der Waals surface area contributed by atoms with E-state index in [9.17, 15) is 4.79 Å². The van der Waals surface area contributed by atoms with Crippen LogP contribution in [0.15, 0.2) is 36.9 Å². The minimum absolute atomic E-state index is 0. The Kier molecular flexibility index (Phi) is 7.83. The molecule has 1 atom stereocenters. The zero-order chi connectivity index (χ0) is 12.7. The van der Waals surface area contributed by atoms with Gasteiger partial charge in [0.25, 0.3) is 0 Å². The van der Waals surface area contributed by atoms with E-state index in [1.807, 2.05) is 24.3 Å². The van der Waals surface area contributed by atoms with Gasteiger partial charge in [0.1, 0.15) is 12.4 Å². The number of hydrogen-bond acceptors (Lipinski definition) is 3. The van der Waals surface area contributed by atoms with Crippen molar-refractivity contribution in [2.45, 2.75) is 19.5 Å². The smallest absolute Gasteiger partial charge is 0.236 e. The van der Waals surface area contributed by atoms with Crippen molar-refractivity contribution >= 4 is 18.3 Å². The number of carbonyl (C=O) groups excluding carboxylic acids is 1. The topological polar surface area (TPSA) is 64.3 Å². The maximum Gasteiger partial charge on any atom is 0.236 e. The van der Waals surface area contributed by atoms with E-state index in [1.165, 1.54) is 0 Å². The number of benzene rings is 1. The predicted molar refractivity (Wildman–Crippen MR) is 74.9 cm³/mol. The van der Waals surface area contributed by atoms with Crippen LogP contribution in [-0.4, -0.2) is 18.6 Å². The lowest BCUT2D eigenvalue weighted by molar-refractivity contribution is -0.122. The summed E-state index contributed by atoms with van der Waals surface area (Å²) in [5.74, 6) is 0.570. The van der Waals surface area contributed by atoms with Crippen LogP contribution in [0.1, 0.15) is 12.5 Å². The van der Waals surface area contributed by atoms with Gasteiger partial charge in [0.2, 0.25) is 5.91 Å². The maximum atomic E-state index is 11.3. The molecule has 18 heavy (non-hydrogen) atoms. The number of halogens is 1. The molecule has 1 aromatic rings. The van der Waals surface area contributed by atoms with Gasteiger partial charge in [-0.2, -0.15) is 0 Å². The quantitative estimate of drug-likeness (QED) is 0.773. The van der Waals surface area contributed by atoms with E-state index in [4.69, 9.17) is 10.5 Å². The van der Waals surface area contributed by atoms with Crippen molar-refractivity contribution in [3.05, 3.63) is 42.5 Å². The van der Waals surface area contributed by atoms with Crippen molar-refractivity contribution in [2.75, 3.05) is 6.61 Å². The van der Waals surface area contributed by atoms with Crippen LogP contribution in [0.25, 0.3) is 0 Å². The van der Waals surface area contributed by atoms with Gasteiger partial charge >= 0.3 is 0 Å². The Labute approximate surface area is 114 Å². The van der Waals surface area contributed by atoms with Crippen molar-refractivity contribution in [2.24, 2.45) is 5.73 Å². The van der Waals surface area contributed by atoms with Gasteiger partial charge in [-0.15, -0.1) is 12.4 Å². The molecule has 100 valence electrons. The summed E-state index contributed by atoms with van der Waals surface area (Å²) in [6.07, 6.45) is 1.68. The first-order chi connectivity index (χ1) is 8.15. The molecule has 0 fully saturated rings. The third-order valence-corrected chi connectivity index (χ3v) is 2.20. The molecule has 5 heteroatoms. The number of hydrogen-bond donors (Lipinski definition) is 2. The van der Waals surface area contributed by atoms with Gasteiger partial charge < -0.3 is 15.8 Å². The zero-order valence-corrected chi connectivity index (χ0v) is 11.2. The van der Waals surface area contributed by atoms with E-state index in [0.29, 0.717) is 13.2 Å². The summed E-state index contributed by atoms with van der Waals surface area (Å²) < 4.78 is 5.48. The minimum atomic E-state index is -0.503. The van der Waals surface area contributed by atoms with Crippen LogP contribution in [0.3, 0.4) is 0 Å². The molecule has 1 rings (SSSR count). The second kappa shape index (κ2) is 8.55. The molecule has 0 saturated carbocycles. The van der Waals surface area contributed by atoms with Gasteiger partial charge in [0.15, 0.2) is 0 Å². The second-order valence-corrected chi connectivity index (χ2v) is 3.71. The fourth-order valence-corrected chi connectivity index (χ4v) is 1.28. The summed E-state index contributed by atoms with van der Waals surface area (Å²) in [6.45, 7) is 6.09. The molecule has 0 radical (unpaired) electrons. The standard InChI is InChI=1S/C13H18N2O2.ClH/c1-3-8-17-12-7-5-4-6-11(12)9-15-13(16)10(2)14;/h3-7,10H,1,8-9,14H2,2H3,(H,15,16);1H/t10-;/m0./s1. The molecule has 0 spiro atoms. The van der Waals surface area contributed by atoms with Gasteiger partial charge in [-0.25, -0.2) is 0 Å². The van der Waals surface area contributed by atoms with Crippen molar-refractivity contribution in [1.82, 2.24) is 5.32 Å². The Morgan fingerprint density at radius 3 is 2.83 bits per heavy atom. The summed E-state index contributed by atoms with van der Waals surface area (Å²) in [5.41, 5.74) is 6.38. The van der Waals surface area contributed by atoms with Gasteiger partial charge in [0.05, 0.1) is 6.04 Å². The predicted octanol–water partition coefficient (Wildman–Crippen LogP) is 1.64. The molecule has 0 aliphatic rings. The molecule has 0 heterocycles. The van der Waals surface area contributed by atoms with E-state index in [-0.39, 0.29) is 18.3 Å². The van der Waals surface area contributed by atoms with Crippen molar-refractivity contribution in [3.63, 3.8) is 0 Å². The number of nitrogens with two attached hydrogens (primary N) is 1. The van der Waals surface area contributed by atoms with Crippen LogP contribution in [0.2, 0.25) is 0 Å². The lowest BCUT2D eigenvalue weighted by Crippen LogP contribution is -2.37. The van der Waals surface area contributed by atoms with Crippen LogP contribution in [0.5, 0.6) is 5.75 Å². The SMILES string of the molecule is C=CCOc1ccccc1CNC(=O)[C@H](C)N.Cl.